The lowest BCUT2D eigenvalue weighted by atomic mass is 9.63. The molecule has 2 saturated carbocycles. The molecule has 5 heteroatoms. The van der Waals surface area contributed by atoms with E-state index in [0.29, 0.717) is 5.56 Å². The highest BCUT2D eigenvalue weighted by molar-refractivity contribution is 5.96. The van der Waals surface area contributed by atoms with E-state index in [0.717, 1.165) is 56.7 Å². The average molecular weight is 360 g/mol. The predicted molar refractivity (Wildman–Crippen MR) is 102 cm³/mol. The van der Waals surface area contributed by atoms with Crippen LogP contribution in [0.4, 0.5) is 0 Å². The van der Waals surface area contributed by atoms with Gasteiger partial charge in [-0.05, 0) is 69.7 Å². The molecule has 1 amide bonds. The first-order chi connectivity index (χ1) is 12.5. The van der Waals surface area contributed by atoms with E-state index in [1.165, 1.54) is 19.3 Å². The van der Waals surface area contributed by atoms with Crippen LogP contribution in [0.15, 0.2) is 12.1 Å². The Balaban J connectivity index is 1.88. The van der Waals surface area contributed by atoms with Gasteiger partial charge in [-0.3, -0.25) is 4.79 Å². The van der Waals surface area contributed by atoms with Gasteiger partial charge in [-0.15, -0.1) is 0 Å². The number of amides is 1. The Morgan fingerprint density at radius 2 is 2.04 bits per heavy atom. The molecule has 0 saturated heterocycles. The van der Waals surface area contributed by atoms with E-state index < -0.39 is 17.4 Å². The first-order valence-electron chi connectivity index (χ1n) is 9.97. The molecule has 2 atom stereocenters. The van der Waals surface area contributed by atoms with Crippen molar-refractivity contribution in [2.75, 3.05) is 13.1 Å². The molecule has 1 aromatic rings. The number of benzene rings is 1. The molecule has 0 heterocycles. The molecule has 2 aliphatic carbocycles. The minimum Gasteiger partial charge on any atom is -0.507 e. The number of aliphatic hydroxyl groups is 1. The summed E-state index contributed by atoms with van der Waals surface area (Å²) in [7, 11) is 0. The SMILES string of the molecule is Cc1ccc(C(N)=O)c(O)c1[C@@]1(CCNCC2CCC2)CCCCC1O. The lowest BCUT2D eigenvalue weighted by Gasteiger charge is -2.43. The van der Waals surface area contributed by atoms with E-state index in [-0.39, 0.29) is 11.3 Å². The topological polar surface area (TPSA) is 95.6 Å². The lowest BCUT2D eigenvalue weighted by molar-refractivity contribution is 0.0343. The summed E-state index contributed by atoms with van der Waals surface area (Å²) in [5.41, 5.74) is 6.69. The molecule has 0 aromatic heterocycles. The Labute approximate surface area is 156 Å². The zero-order valence-electron chi connectivity index (χ0n) is 15.8. The second-order valence-corrected chi connectivity index (χ2v) is 8.19. The number of nitrogens with two attached hydrogens (primary N) is 1. The number of aliphatic hydroxyl groups excluding tert-OH is 1. The number of hydrogen-bond donors (Lipinski definition) is 4. The van der Waals surface area contributed by atoms with Gasteiger partial charge < -0.3 is 21.3 Å². The molecular formula is C21H32N2O3. The first kappa shape index (κ1) is 19.2. The normalized spacial score (nSPS) is 26.5. The number of carbonyl (C=O) groups is 1. The minimum absolute atomic E-state index is 0.0440. The lowest BCUT2D eigenvalue weighted by Crippen LogP contribution is -2.45. The highest BCUT2D eigenvalue weighted by atomic mass is 16.3. The summed E-state index contributed by atoms with van der Waals surface area (Å²) in [6.45, 7) is 3.76. The van der Waals surface area contributed by atoms with Crippen molar-refractivity contribution in [2.24, 2.45) is 11.7 Å². The van der Waals surface area contributed by atoms with E-state index in [4.69, 9.17) is 5.73 Å². The van der Waals surface area contributed by atoms with Crippen LogP contribution >= 0.6 is 0 Å². The number of carbonyl (C=O) groups excluding carboxylic acids is 1. The maximum absolute atomic E-state index is 11.7. The molecule has 3 rings (SSSR count). The molecule has 0 aliphatic heterocycles. The second-order valence-electron chi connectivity index (χ2n) is 8.19. The second kappa shape index (κ2) is 7.97. The minimum atomic E-state index is -0.632. The first-order valence-corrected chi connectivity index (χ1v) is 9.97. The maximum atomic E-state index is 11.7. The summed E-state index contributed by atoms with van der Waals surface area (Å²) >= 11 is 0. The molecule has 5 nitrogen and oxygen atoms in total. The number of nitrogens with one attached hydrogen (secondary N) is 1. The van der Waals surface area contributed by atoms with Crippen LogP contribution in [0.1, 0.15) is 72.9 Å². The molecule has 2 fully saturated rings. The highest BCUT2D eigenvalue weighted by Gasteiger charge is 2.44. The van der Waals surface area contributed by atoms with Crippen LogP contribution in [0.5, 0.6) is 5.75 Å². The Morgan fingerprint density at radius 3 is 2.65 bits per heavy atom. The van der Waals surface area contributed by atoms with Gasteiger partial charge in [-0.25, -0.2) is 0 Å². The Bertz CT molecular complexity index is 657. The van der Waals surface area contributed by atoms with Crippen LogP contribution in [-0.2, 0) is 5.41 Å². The van der Waals surface area contributed by atoms with Crippen molar-refractivity contribution in [1.82, 2.24) is 5.32 Å². The van der Waals surface area contributed by atoms with E-state index >= 15 is 0 Å². The van der Waals surface area contributed by atoms with E-state index in [9.17, 15) is 15.0 Å². The van der Waals surface area contributed by atoms with Gasteiger partial charge in [0.2, 0.25) is 0 Å². The summed E-state index contributed by atoms with van der Waals surface area (Å²) in [6.07, 6.45) is 7.72. The molecule has 144 valence electrons. The molecule has 0 bridgehead atoms. The van der Waals surface area contributed by atoms with Gasteiger partial charge in [-0.1, -0.05) is 25.3 Å². The molecule has 5 N–H and O–H groups in total. The number of aryl methyl sites for hydroxylation is 1. The summed E-state index contributed by atoms with van der Waals surface area (Å²) in [6, 6.07) is 3.41. The zero-order chi connectivity index (χ0) is 18.7. The predicted octanol–water partition coefficient (Wildman–Crippen LogP) is 2.75. The Kier molecular flexibility index (Phi) is 5.88. The highest BCUT2D eigenvalue weighted by Crippen LogP contribution is 2.47. The third-order valence-corrected chi connectivity index (χ3v) is 6.54. The molecule has 0 radical (unpaired) electrons. The third kappa shape index (κ3) is 3.60. The van der Waals surface area contributed by atoms with Gasteiger partial charge >= 0.3 is 0 Å². The van der Waals surface area contributed by atoms with Gasteiger partial charge in [0.1, 0.15) is 5.75 Å². The van der Waals surface area contributed by atoms with E-state index in [1.807, 2.05) is 13.0 Å². The van der Waals surface area contributed by atoms with E-state index in [2.05, 4.69) is 5.32 Å². The summed E-state index contributed by atoms with van der Waals surface area (Å²) < 4.78 is 0. The standard InChI is InChI=1S/C21H32N2O3/c1-14-8-9-16(20(22)26)19(25)18(14)21(10-3-2-7-17(21)24)11-12-23-13-15-5-4-6-15/h8-9,15,17,23-25H,2-7,10-13H2,1H3,(H2,22,26)/t17?,21-/m1/s1. The van der Waals surface area contributed by atoms with Crippen LogP contribution in [0.3, 0.4) is 0 Å². The van der Waals surface area contributed by atoms with Crippen molar-refractivity contribution < 1.29 is 15.0 Å². The fourth-order valence-corrected chi connectivity index (χ4v) is 4.76. The number of primary amides is 1. The average Bonchev–Trinajstić information content (AvgIpc) is 2.55. The van der Waals surface area contributed by atoms with Crippen LogP contribution < -0.4 is 11.1 Å². The van der Waals surface area contributed by atoms with Crippen LogP contribution in [0.25, 0.3) is 0 Å². The molecule has 26 heavy (non-hydrogen) atoms. The molecular weight excluding hydrogens is 328 g/mol. The van der Waals surface area contributed by atoms with Crippen molar-refractivity contribution in [2.45, 2.75) is 69.8 Å². The molecule has 0 spiro atoms. The monoisotopic (exact) mass is 360 g/mol. The van der Waals surface area contributed by atoms with Gasteiger partial charge in [-0.2, -0.15) is 0 Å². The number of rotatable bonds is 7. The van der Waals surface area contributed by atoms with Gasteiger partial charge in [0.05, 0.1) is 11.7 Å². The van der Waals surface area contributed by atoms with Crippen molar-refractivity contribution in [3.63, 3.8) is 0 Å². The fourth-order valence-electron chi connectivity index (χ4n) is 4.76. The van der Waals surface area contributed by atoms with Crippen molar-refractivity contribution in [3.8, 4) is 5.75 Å². The zero-order valence-corrected chi connectivity index (χ0v) is 15.8. The van der Waals surface area contributed by atoms with Gasteiger partial charge in [0.25, 0.3) is 5.91 Å². The number of phenols is 1. The van der Waals surface area contributed by atoms with Crippen molar-refractivity contribution in [1.29, 1.82) is 0 Å². The maximum Gasteiger partial charge on any atom is 0.252 e. The van der Waals surface area contributed by atoms with E-state index in [1.54, 1.807) is 6.07 Å². The van der Waals surface area contributed by atoms with Crippen molar-refractivity contribution in [3.05, 3.63) is 28.8 Å². The largest absolute Gasteiger partial charge is 0.507 e. The Hall–Kier alpha value is -1.59. The molecule has 1 aromatic carbocycles. The van der Waals surface area contributed by atoms with Crippen LogP contribution in [0.2, 0.25) is 0 Å². The summed E-state index contributed by atoms with van der Waals surface area (Å²) in [5.74, 6) is 0.111. The van der Waals surface area contributed by atoms with Crippen LogP contribution in [-0.4, -0.2) is 35.3 Å². The van der Waals surface area contributed by atoms with Gasteiger partial charge in [0.15, 0.2) is 0 Å². The quantitative estimate of drug-likeness (QED) is 0.562. The Morgan fingerprint density at radius 1 is 1.27 bits per heavy atom. The van der Waals surface area contributed by atoms with Gasteiger partial charge in [0, 0.05) is 11.0 Å². The third-order valence-electron chi connectivity index (χ3n) is 6.54. The number of aromatic hydroxyl groups is 1. The summed E-state index contributed by atoms with van der Waals surface area (Å²) in [5, 5.41) is 25.3. The smallest absolute Gasteiger partial charge is 0.252 e. The molecule has 1 unspecified atom stereocenters. The number of hydrogen-bond acceptors (Lipinski definition) is 4. The molecule has 2 aliphatic rings. The van der Waals surface area contributed by atoms with Crippen molar-refractivity contribution >= 4 is 5.91 Å². The summed E-state index contributed by atoms with van der Waals surface area (Å²) in [4.78, 5) is 11.7. The fraction of sp³-hybridized carbons (Fsp3) is 0.667. The van der Waals surface area contributed by atoms with Crippen LogP contribution in [0, 0.1) is 12.8 Å².